The maximum Gasteiger partial charge on any atom is 0.326 e. The summed E-state index contributed by atoms with van der Waals surface area (Å²) in [6, 6.07) is -3.74. The minimum absolute atomic E-state index is 0.0431. The van der Waals surface area contributed by atoms with Crippen LogP contribution >= 0.6 is 0 Å². The molecule has 31 heavy (non-hydrogen) atoms. The van der Waals surface area contributed by atoms with Gasteiger partial charge in [-0.05, 0) is 5.92 Å². The molecule has 4 amide bonds. The summed E-state index contributed by atoms with van der Waals surface area (Å²) in [5.41, 5.74) is 10.8. The lowest BCUT2D eigenvalue weighted by molar-refractivity contribution is -0.143. The standard InChI is InChI=1S/C18H29N7O6/c1-3-9(2)15(25-14(27)6-19)17(29)23-11(4-10-7-21-8-22-10)16(28)24-12(18(30)31)5-13(20)26/h7-9,11-12,15H,3-6,19H2,1-2H3,(H2,20,26)(H,21,22)(H,23,29)(H,24,28)(H,25,27)(H,30,31). The van der Waals surface area contributed by atoms with Gasteiger partial charge in [-0.25, -0.2) is 9.78 Å². The van der Waals surface area contributed by atoms with Crippen molar-refractivity contribution in [2.45, 2.75) is 51.2 Å². The molecule has 0 aromatic carbocycles. The van der Waals surface area contributed by atoms with E-state index in [2.05, 4.69) is 25.9 Å². The summed E-state index contributed by atoms with van der Waals surface area (Å²) in [5, 5.41) is 16.5. The maximum absolute atomic E-state index is 12.9. The minimum atomic E-state index is -1.56. The summed E-state index contributed by atoms with van der Waals surface area (Å²) >= 11 is 0. The zero-order valence-corrected chi connectivity index (χ0v) is 17.4. The molecule has 13 nitrogen and oxygen atoms in total. The number of primary amides is 1. The monoisotopic (exact) mass is 439 g/mol. The van der Waals surface area contributed by atoms with Crippen molar-refractivity contribution in [2.24, 2.45) is 17.4 Å². The van der Waals surface area contributed by atoms with E-state index in [9.17, 15) is 29.1 Å². The first-order valence-corrected chi connectivity index (χ1v) is 9.67. The zero-order chi connectivity index (χ0) is 23.6. The van der Waals surface area contributed by atoms with E-state index in [1.54, 1.807) is 6.92 Å². The normalized spacial score (nSPS) is 14.5. The number of aliphatic carboxylic acids is 1. The first-order valence-electron chi connectivity index (χ1n) is 9.67. The van der Waals surface area contributed by atoms with Crippen molar-refractivity contribution < 1.29 is 29.1 Å². The van der Waals surface area contributed by atoms with Gasteiger partial charge in [-0.2, -0.15) is 0 Å². The Kier molecular flexibility index (Phi) is 10.1. The van der Waals surface area contributed by atoms with Gasteiger partial charge in [-0.1, -0.05) is 20.3 Å². The molecule has 4 unspecified atom stereocenters. The summed E-state index contributed by atoms with van der Waals surface area (Å²) < 4.78 is 0. The Bertz CT molecular complexity index is 782. The van der Waals surface area contributed by atoms with Gasteiger partial charge in [0.2, 0.25) is 23.6 Å². The largest absolute Gasteiger partial charge is 0.480 e. The summed E-state index contributed by atoms with van der Waals surface area (Å²) in [5.74, 6) is -4.66. The van der Waals surface area contributed by atoms with Crippen LogP contribution in [0.15, 0.2) is 12.5 Å². The number of H-pyrrole nitrogens is 1. The Morgan fingerprint density at radius 1 is 1.13 bits per heavy atom. The van der Waals surface area contributed by atoms with E-state index in [0.29, 0.717) is 12.1 Å². The summed E-state index contributed by atoms with van der Waals surface area (Å²) in [6.45, 7) is 3.26. The van der Waals surface area contributed by atoms with E-state index in [1.807, 2.05) is 6.92 Å². The third kappa shape index (κ3) is 8.42. The fourth-order valence-corrected chi connectivity index (χ4v) is 2.69. The van der Waals surface area contributed by atoms with Crippen molar-refractivity contribution in [1.82, 2.24) is 25.9 Å². The molecule has 1 aromatic rings. The molecule has 0 saturated heterocycles. The summed E-state index contributed by atoms with van der Waals surface area (Å²) in [6.07, 6.45) is 2.71. The van der Waals surface area contributed by atoms with Gasteiger partial charge < -0.3 is 37.5 Å². The van der Waals surface area contributed by atoms with Gasteiger partial charge in [-0.15, -0.1) is 0 Å². The van der Waals surface area contributed by atoms with Crippen molar-refractivity contribution in [2.75, 3.05) is 6.54 Å². The van der Waals surface area contributed by atoms with E-state index < -0.39 is 54.1 Å². The number of carbonyl (C=O) groups is 5. The van der Waals surface area contributed by atoms with Crippen molar-refractivity contribution in [1.29, 1.82) is 0 Å². The Balaban J connectivity index is 3.06. The van der Waals surface area contributed by atoms with E-state index in [1.165, 1.54) is 12.5 Å². The van der Waals surface area contributed by atoms with Gasteiger partial charge >= 0.3 is 5.97 Å². The van der Waals surface area contributed by atoms with Gasteiger partial charge in [-0.3, -0.25) is 19.2 Å². The van der Waals surface area contributed by atoms with Crippen LogP contribution in [0.2, 0.25) is 0 Å². The molecule has 0 aliphatic rings. The van der Waals surface area contributed by atoms with E-state index >= 15 is 0 Å². The predicted molar refractivity (Wildman–Crippen MR) is 108 cm³/mol. The third-order valence-corrected chi connectivity index (χ3v) is 4.63. The van der Waals surface area contributed by atoms with Crippen LogP contribution < -0.4 is 27.4 Å². The quantitative estimate of drug-likeness (QED) is 0.172. The highest BCUT2D eigenvalue weighted by molar-refractivity contribution is 5.94. The van der Waals surface area contributed by atoms with Crippen LogP contribution in [-0.2, 0) is 30.4 Å². The van der Waals surface area contributed by atoms with Crippen molar-refractivity contribution in [3.05, 3.63) is 18.2 Å². The topological polar surface area (TPSA) is 222 Å². The highest BCUT2D eigenvalue weighted by Crippen LogP contribution is 2.09. The molecule has 0 saturated carbocycles. The van der Waals surface area contributed by atoms with E-state index in [4.69, 9.17) is 11.5 Å². The number of carbonyl (C=O) groups excluding carboxylic acids is 4. The number of aromatic amines is 1. The van der Waals surface area contributed by atoms with Crippen LogP contribution in [0.4, 0.5) is 0 Å². The SMILES string of the molecule is CCC(C)C(NC(=O)CN)C(=O)NC(Cc1cnc[nH]1)C(=O)NC(CC(N)=O)C(=O)O. The number of aromatic nitrogens is 2. The number of rotatable bonds is 13. The molecule has 0 aliphatic carbocycles. The molecule has 0 aliphatic heterocycles. The predicted octanol–water partition coefficient (Wildman–Crippen LogP) is -2.63. The summed E-state index contributed by atoms with van der Waals surface area (Å²) in [7, 11) is 0. The van der Waals surface area contributed by atoms with Gasteiger partial charge in [0.1, 0.15) is 18.1 Å². The molecule has 9 N–H and O–H groups in total. The van der Waals surface area contributed by atoms with Crippen molar-refractivity contribution in [3.8, 4) is 0 Å². The van der Waals surface area contributed by atoms with Crippen molar-refractivity contribution in [3.63, 3.8) is 0 Å². The van der Waals surface area contributed by atoms with Crippen LogP contribution in [0.5, 0.6) is 0 Å². The molecular weight excluding hydrogens is 410 g/mol. The Labute approximate surface area is 178 Å². The number of nitrogens with one attached hydrogen (secondary N) is 4. The number of hydrogen-bond acceptors (Lipinski definition) is 7. The van der Waals surface area contributed by atoms with Crippen LogP contribution in [0.1, 0.15) is 32.4 Å². The highest BCUT2D eigenvalue weighted by atomic mass is 16.4. The fourth-order valence-electron chi connectivity index (χ4n) is 2.69. The number of hydrogen-bond donors (Lipinski definition) is 7. The lowest BCUT2D eigenvalue weighted by atomic mass is 9.97. The Hall–Kier alpha value is -3.48. The maximum atomic E-state index is 12.9. The zero-order valence-electron chi connectivity index (χ0n) is 17.4. The van der Waals surface area contributed by atoms with Gasteiger partial charge in [0.15, 0.2) is 0 Å². The number of amides is 4. The fraction of sp³-hybridized carbons (Fsp3) is 0.556. The Morgan fingerprint density at radius 2 is 1.77 bits per heavy atom. The third-order valence-electron chi connectivity index (χ3n) is 4.63. The highest BCUT2D eigenvalue weighted by Gasteiger charge is 2.32. The molecular formula is C18H29N7O6. The first kappa shape index (κ1) is 25.6. The van der Waals surface area contributed by atoms with Crippen molar-refractivity contribution >= 4 is 29.6 Å². The summed E-state index contributed by atoms with van der Waals surface area (Å²) in [4.78, 5) is 66.4. The second-order valence-electron chi connectivity index (χ2n) is 7.05. The molecule has 172 valence electrons. The molecule has 0 fully saturated rings. The van der Waals surface area contributed by atoms with Gasteiger partial charge in [0, 0.05) is 18.3 Å². The number of nitrogens with two attached hydrogens (primary N) is 2. The van der Waals surface area contributed by atoms with Crippen LogP contribution in [0.3, 0.4) is 0 Å². The lowest BCUT2D eigenvalue weighted by Gasteiger charge is -2.26. The molecule has 1 rings (SSSR count). The number of nitrogens with zero attached hydrogens (tertiary/aromatic N) is 1. The van der Waals surface area contributed by atoms with Crippen LogP contribution in [0, 0.1) is 5.92 Å². The van der Waals surface area contributed by atoms with Gasteiger partial charge in [0.05, 0.1) is 19.3 Å². The minimum Gasteiger partial charge on any atom is -0.480 e. The average Bonchev–Trinajstić information content (AvgIpc) is 3.22. The molecule has 1 heterocycles. The molecule has 0 bridgehead atoms. The molecule has 0 radical (unpaired) electrons. The Morgan fingerprint density at radius 3 is 2.26 bits per heavy atom. The van der Waals surface area contributed by atoms with Crippen LogP contribution in [-0.4, -0.2) is 69.3 Å². The number of carboxylic acid groups (broad SMARTS) is 1. The number of imidazole rings is 1. The lowest BCUT2D eigenvalue weighted by Crippen LogP contribution is -2.58. The second kappa shape index (κ2) is 12.3. The van der Waals surface area contributed by atoms with Crippen LogP contribution in [0.25, 0.3) is 0 Å². The molecule has 13 heteroatoms. The molecule has 4 atom stereocenters. The van der Waals surface area contributed by atoms with E-state index in [-0.39, 0.29) is 18.9 Å². The smallest absolute Gasteiger partial charge is 0.326 e. The molecule has 0 spiro atoms. The average molecular weight is 439 g/mol. The number of carboxylic acids is 1. The van der Waals surface area contributed by atoms with Gasteiger partial charge in [0.25, 0.3) is 0 Å². The second-order valence-corrected chi connectivity index (χ2v) is 7.05. The molecule has 1 aromatic heterocycles. The van der Waals surface area contributed by atoms with E-state index in [0.717, 1.165) is 0 Å². The first-order chi connectivity index (χ1) is 14.6.